The fourth-order valence-corrected chi connectivity index (χ4v) is 2.73. The number of carbonyl (C=O) groups excluding carboxylic acids is 3. The normalized spacial score (nSPS) is 10.2. The summed E-state index contributed by atoms with van der Waals surface area (Å²) in [6.45, 7) is 1.85. The Bertz CT molecular complexity index is 1120. The second-order valence-electron chi connectivity index (χ2n) is 6.54. The number of nitrogens with one attached hydrogen (secondary N) is 2. The van der Waals surface area contributed by atoms with Gasteiger partial charge >= 0.3 is 6.16 Å². The molecule has 0 aliphatic rings. The summed E-state index contributed by atoms with van der Waals surface area (Å²) in [7, 11) is 0. The van der Waals surface area contributed by atoms with Crippen LogP contribution in [0.3, 0.4) is 0 Å². The highest BCUT2D eigenvalue weighted by Gasteiger charge is 2.11. The second-order valence-corrected chi connectivity index (χ2v) is 6.54. The standard InChI is InChI=1S/C23H20N2O7/c1-2-31-23(30)32-20-8-6-14(7-9-20)21(28)24-16-4-3-5-17(12-16)25-22(29)15-10-18(26)13-19(27)11-15/h3-13,26-27H,2H2,1H3,(H,24,28)(H,25,29). The fourth-order valence-electron chi connectivity index (χ4n) is 2.73. The number of carbonyl (C=O) groups is 3. The molecule has 32 heavy (non-hydrogen) atoms. The van der Waals surface area contributed by atoms with E-state index in [0.717, 1.165) is 6.07 Å². The van der Waals surface area contributed by atoms with Crippen molar-refractivity contribution in [2.45, 2.75) is 6.92 Å². The van der Waals surface area contributed by atoms with E-state index in [1.165, 1.54) is 36.4 Å². The van der Waals surface area contributed by atoms with E-state index in [1.54, 1.807) is 31.2 Å². The van der Waals surface area contributed by atoms with Crippen molar-refractivity contribution in [3.8, 4) is 17.2 Å². The molecule has 0 atom stereocenters. The van der Waals surface area contributed by atoms with Crippen LogP contribution in [0.2, 0.25) is 0 Å². The quantitative estimate of drug-likeness (QED) is 0.337. The van der Waals surface area contributed by atoms with Gasteiger partial charge in [0.25, 0.3) is 11.8 Å². The van der Waals surface area contributed by atoms with Gasteiger partial charge in [0, 0.05) is 28.6 Å². The fraction of sp³-hybridized carbons (Fsp3) is 0.0870. The number of aromatic hydroxyl groups is 2. The molecule has 2 amide bonds. The molecule has 0 saturated heterocycles. The third-order valence-corrected chi connectivity index (χ3v) is 4.12. The van der Waals surface area contributed by atoms with E-state index >= 15 is 0 Å². The molecule has 0 saturated carbocycles. The van der Waals surface area contributed by atoms with Gasteiger partial charge in [0.1, 0.15) is 17.2 Å². The van der Waals surface area contributed by atoms with Gasteiger partial charge in [-0.15, -0.1) is 0 Å². The molecule has 0 aliphatic carbocycles. The zero-order chi connectivity index (χ0) is 23.1. The molecule has 3 aromatic carbocycles. The molecule has 0 heterocycles. The van der Waals surface area contributed by atoms with Crippen LogP contribution in [-0.4, -0.2) is 34.8 Å². The van der Waals surface area contributed by atoms with Gasteiger partial charge in [0.05, 0.1) is 6.61 Å². The highest BCUT2D eigenvalue weighted by atomic mass is 16.7. The lowest BCUT2D eigenvalue weighted by molar-refractivity contribution is 0.101. The number of amides is 2. The van der Waals surface area contributed by atoms with E-state index in [2.05, 4.69) is 15.4 Å². The van der Waals surface area contributed by atoms with Gasteiger partial charge < -0.3 is 30.3 Å². The Morgan fingerprint density at radius 3 is 1.91 bits per heavy atom. The summed E-state index contributed by atoms with van der Waals surface area (Å²) in [6, 6.07) is 15.9. The summed E-state index contributed by atoms with van der Waals surface area (Å²) in [6.07, 6.45) is -0.829. The van der Waals surface area contributed by atoms with Crippen LogP contribution in [0.1, 0.15) is 27.6 Å². The molecule has 9 heteroatoms. The number of anilines is 2. The van der Waals surface area contributed by atoms with Crippen molar-refractivity contribution in [2.24, 2.45) is 0 Å². The summed E-state index contributed by atoms with van der Waals surface area (Å²) < 4.78 is 9.63. The summed E-state index contributed by atoms with van der Waals surface area (Å²) in [5.74, 6) is -1.20. The minimum Gasteiger partial charge on any atom is -0.508 e. The monoisotopic (exact) mass is 436 g/mol. The maximum absolute atomic E-state index is 12.5. The van der Waals surface area contributed by atoms with Crippen molar-refractivity contribution in [2.75, 3.05) is 17.2 Å². The molecule has 3 aromatic rings. The third kappa shape index (κ3) is 5.99. The van der Waals surface area contributed by atoms with E-state index in [0.29, 0.717) is 16.9 Å². The highest BCUT2D eigenvalue weighted by molar-refractivity contribution is 6.06. The summed E-state index contributed by atoms with van der Waals surface area (Å²) in [5.41, 5.74) is 1.22. The number of phenolic OH excluding ortho intramolecular Hbond substituents is 2. The predicted octanol–water partition coefficient (Wildman–Crippen LogP) is 4.14. The van der Waals surface area contributed by atoms with Crippen molar-refractivity contribution in [1.82, 2.24) is 0 Å². The number of ether oxygens (including phenoxy) is 2. The first-order valence-electron chi connectivity index (χ1n) is 9.54. The van der Waals surface area contributed by atoms with Crippen molar-refractivity contribution in [3.63, 3.8) is 0 Å². The Morgan fingerprint density at radius 2 is 1.34 bits per heavy atom. The Balaban J connectivity index is 1.64. The predicted molar refractivity (Wildman–Crippen MR) is 116 cm³/mol. The lowest BCUT2D eigenvalue weighted by Gasteiger charge is -2.10. The van der Waals surface area contributed by atoms with E-state index in [-0.39, 0.29) is 29.4 Å². The summed E-state index contributed by atoms with van der Waals surface area (Å²) >= 11 is 0. The zero-order valence-corrected chi connectivity index (χ0v) is 17.0. The van der Waals surface area contributed by atoms with Crippen LogP contribution in [0.4, 0.5) is 16.2 Å². The Morgan fingerprint density at radius 1 is 0.781 bits per heavy atom. The third-order valence-electron chi connectivity index (χ3n) is 4.12. The van der Waals surface area contributed by atoms with Crippen LogP contribution in [0.15, 0.2) is 66.7 Å². The zero-order valence-electron chi connectivity index (χ0n) is 17.0. The van der Waals surface area contributed by atoms with Crippen LogP contribution in [0.5, 0.6) is 17.2 Å². The Kier molecular flexibility index (Phi) is 6.92. The first kappa shape index (κ1) is 22.2. The van der Waals surface area contributed by atoms with Gasteiger partial charge in [-0.05, 0) is 61.5 Å². The van der Waals surface area contributed by atoms with E-state index < -0.39 is 18.0 Å². The average Bonchev–Trinajstić information content (AvgIpc) is 2.74. The number of benzene rings is 3. The minimum absolute atomic E-state index is 0.0714. The van der Waals surface area contributed by atoms with Crippen LogP contribution < -0.4 is 15.4 Å². The Hall–Kier alpha value is -4.53. The number of phenols is 2. The molecule has 0 aromatic heterocycles. The van der Waals surface area contributed by atoms with Gasteiger partial charge in [-0.25, -0.2) is 4.79 Å². The molecular formula is C23H20N2O7. The second kappa shape index (κ2) is 9.98. The van der Waals surface area contributed by atoms with E-state index in [4.69, 9.17) is 4.74 Å². The molecule has 0 unspecified atom stereocenters. The lowest BCUT2D eigenvalue weighted by Crippen LogP contribution is -2.14. The molecule has 9 nitrogen and oxygen atoms in total. The summed E-state index contributed by atoms with van der Waals surface area (Å²) in [4.78, 5) is 36.2. The highest BCUT2D eigenvalue weighted by Crippen LogP contribution is 2.22. The maximum atomic E-state index is 12.5. The molecule has 3 rings (SSSR count). The van der Waals surface area contributed by atoms with Crippen molar-refractivity contribution < 1.29 is 34.1 Å². The number of hydrogen-bond acceptors (Lipinski definition) is 7. The van der Waals surface area contributed by atoms with Crippen molar-refractivity contribution in [1.29, 1.82) is 0 Å². The molecule has 0 radical (unpaired) electrons. The molecule has 0 aliphatic heterocycles. The summed E-state index contributed by atoms with van der Waals surface area (Å²) in [5, 5.41) is 24.4. The lowest BCUT2D eigenvalue weighted by atomic mass is 10.1. The average molecular weight is 436 g/mol. The van der Waals surface area contributed by atoms with Gasteiger partial charge in [0.2, 0.25) is 0 Å². The van der Waals surface area contributed by atoms with Crippen LogP contribution in [-0.2, 0) is 4.74 Å². The molecule has 0 bridgehead atoms. The van der Waals surface area contributed by atoms with Crippen molar-refractivity contribution >= 4 is 29.3 Å². The molecule has 164 valence electrons. The SMILES string of the molecule is CCOC(=O)Oc1ccc(C(=O)Nc2cccc(NC(=O)c3cc(O)cc(O)c3)c2)cc1. The molecule has 0 spiro atoms. The molecule has 4 N–H and O–H groups in total. The smallest absolute Gasteiger partial charge is 0.508 e. The molecular weight excluding hydrogens is 416 g/mol. The van der Waals surface area contributed by atoms with Gasteiger partial charge in [-0.3, -0.25) is 9.59 Å². The van der Waals surface area contributed by atoms with Gasteiger partial charge in [0.15, 0.2) is 0 Å². The van der Waals surface area contributed by atoms with E-state index in [1.807, 2.05) is 0 Å². The topological polar surface area (TPSA) is 134 Å². The number of hydrogen-bond donors (Lipinski definition) is 4. The largest absolute Gasteiger partial charge is 0.513 e. The number of rotatable bonds is 6. The van der Waals surface area contributed by atoms with Crippen LogP contribution in [0, 0.1) is 0 Å². The van der Waals surface area contributed by atoms with Gasteiger partial charge in [-0.2, -0.15) is 0 Å². The minimum atomic E-state index is -0.829. The van der Waals surface area contributed by atoms with Gasteiger partial charge in [-0.1, -0.05) is 6.07 Å². The molecule has 0 fully saturated rings. The van der Waals surface area contributed by atoms with E-state index in [9.17, 15) is 24.6 Å². The maximum Gasteiger partial charge on any atom is 0.513 e. The first-order chi connectivity index (χ1) is 15.3. The van der Waals surface area contributed by atoms with Crippen LogP contribution in [0.25, 0.3) is 0 Å². The van der Waals surface area contributed by atoms with Crippen LogP contribution >= 0.6 is 0 Å². The Labute approximate surface area is 183 Å². The van der Waals surface area contributed by atoms with Crippen molar-refractivity contribution in [3.05, 3.63) is 77.9 Å². The first-order valence-corrected chi connectivity index (χ1v) is 9.54.